The van der Waals surface area contributed by atoms with Crippen LogP contribution in [-0.4, -0.2) is 65.3 Å². The number of aromatic nitrogens is 1. The van der Waals surface area contributed by atoms with E-state index in [1.807, 2.05) is 24.3 Å². The predicted octanol–water partition coefficient (Wildman–Crippen LogP) is 7.95. The van der Waals surface area contributed by atoms with E-state index in [9.17, 15) is 10.4 Å². The molecule has 0 saturated carbocycles. The molecule has 9 heteroatoms. The molecule has 0 bridgehead atoms. The van der Waals surface area contributed by atoms with Crippen molar-refractivity contribution in [3.63, 3.8) is 0 Å². The number of benzene rings is 3. The number of pyridine rings is 1. The van der Waals surface area contributed by atoms with Crippen molar-refractivity contribution in [1.82, 2.24) is 14.8 Å². The fraction of sp³-hybridized carbons (Fsp3) is 0.415. The molecule has 4 aromatic rings. The molecule has 2 aliphatic rings. The molecular formula is C41H47ClN4O4. The Morgan fingerprint density at radius 1 is 0.880 bits per heavy atom. The van der Waals surface area contributed by atoms with E-state index in [-0.39, 0.29) is 12.7 Å². The molecule has 2 aliphatic heterocycles. The highest BCUT2D eigenvalue weighted by Gasteiger charge is 2.19. The van der Waals surface area contributed by atoms with Gasteiger partial charge in [-0.3, -0.25) is 9.88 Å². The first-order chi connectivity index (χ1) is 24.4. The molecule has 262 valence electrons. The van der Waals surface area contributed by atoms with Crippen LogP contribution in [0.1, 0.15) is 66.3 Å². The summed E-state index contributed by atoms with van der Waals surface area (Å²) in [6.07, 6.45) is 9.60. The summed E-state index contributed by atoms with van der Waals surface area (Å²) in [6.45, 7) is 8.99. The highest BCUT2D eigenvalue weighted by atomic mass is 35.5. The highest BCUT2D eigenvalue weighted by molar-refractivity contribution is 6.32. The van der Waals surface area contributed by atoms with Crippen LogP contribution in [0.15, 0.2) is 73.1 Å². The lowest BCUT2D eigenvalue weighted by atomic mass is 9.96. The lowest BCUT2D eigenvalue weighted by Crippen LogP contribution is -2.39. The van der Waals surface area contributed by atoms with E-state index in [4.69, 9.17) is 25.8 Å². The zero-order valence-corrected chi connectivity index (χ0v) is 29.7. The fourth-order valence-electron chi connectivity index (χ4n) is 6.87. The van der Waals surface area contributed by atoms with Gasteiger partial charge in [-0.1, -0.05) is 48.4 Å². The summed E-state index contributed by atoms with van der Waals surface area (Å²) in [4.78, 5) is 8.95. The van der Waals surface area contributed by atoms with Crippen molar-refractivity contribution in [3.05, 3.63) is 106 Å². The Kier molecular flexibility index (Phi) is 12.6. The number of aliphatic hydroxyl groups is 1. The van der Waals surface area contributed by atoms with Crippen molar-refractivity contribution in [2.75, 3.05) is 39.3 Å². The minimum absolute atomic E-state index is 0.201. The minimum Gasteiger partial charge on any atom is -0.494 e. The van der Waals surface area contributed by atoms with Crippen molar-refractivity contribution in [3.8, 4) is 34.4 Å². The van der Waals surface area contributed by atoms with Crippen molar-refractivity contribution in [1.29, 1.82) is 5.26 Å². The molecule has 8 nitrogen and oxygen atoms in total. The molecule has 0 amide bonds. The maximum Gasteiger partial charge on any atom is 0.142 e. The van der Waals surface area contributed by atoms with Crippen LogP contribution in [0.2, 0.25) is 5.02 Å². The van der Waals surface area contributed by atoms with Crippen LogP contribution in [0.5, 0.6) is 17.2 Å². The first kappa shape index (κ1) is 35.7. The molecule has 1 unspecified atom stereocenters. The van der Waals surface area contributed by atoms with E-state index in [0.29, 0.717) is 35.3 Å². The average molecular weight is 695 g/mol. The van der Waals surface area contributed by atoms with Gasteiger partial charge in [-0.05, 0) is 105 Å². The Balaban J connectivity index is 1.13. The second-order valence-corrected chi connectivity index (χ2v) is 13.8. The molecule has 3 aromatic carbocycles. The Hall–Kier alpha value is -4.13. The normalized spacial score (nSPS) is 16.9. The van der Waals surface area contributed by atoms with Gasteiger partial charge in [-0.2, -0.15) is 5.26 Å². The number of hydrogen-bond acceptors (Lipinski definition) is 8. The molecular weight excluding hydrogens is 648 g/mol. The smallest absolute Gasteiger partial charge is 0.142 e. The number of hydrogen-bond donors (Lipinski definition) is 1. The number of rotatable bonds is 14. The van der Waals surface area contributed by atoms with Crippen molar-refractivity contribution in [2.45, 2.75) is 71.3 Å². The average Bonchev–Trinajstić information content (AvgIpc) is 3.14. The third-order valence-corrected chi connectivity index (χ3v) is 9.91. The van der Waals surface area contributed by atoms with E-state index in [1.54, 1.807) is 18.5 Å². The minimum atomic E-state index is -0.201. The van der Waals surface area contributed by atoms with Gasteiger partial charge in [0.1, 0.15) is 36.5 Å². The first-order valence-corrected chi connectivity index (χ1v) is 18.2. The SMILES string of the molecule is Cc1c(COc2cc(OCc3cncc(C#N)c3)c(CN3CCCCC3)cc2Cl)cccc1-c1cccc(OCCCN2CCCC(O)C2)c1. The number of likely N-dealkylation sites (tertiary alicyclic amines) is 2. The van der Waals surface area contributed by atoms with Crippen LogP contribution in [0, 0.1) is 18.3 Å². The summed E-state index contributed by atoms with van der Waals surface area (Å²) < 4.78 is 18.9. The summed E-state index contributed by atoms with van der Waals surface area (Å²) in [5.41, 5.74) is 6.75. The van der Waals surface area contributed by atoms with E-state index in [0.717, 1.165) is 97.7 Å². The molecule has 1 aromatic heterocycles. The maximum absolute atomic E-state index is 9.94. The molecule has 0 aliphatic carbocycles. The van der Waals surface area contributed by atoms with Gasteiger partial charge >= 0.3 is 0 Å². The second-order valence-electron chi connectivity index (χ2n) is 13.4. The van der Waals surface area contributed by atoms with Crippen LogP contribution in [0.25, 0.3) is 11.1 Å². The van der Waals surface area contributed by atoms with Gasteiger partial charge in [0, 0.05) is 49.2 Å². The van der Waals surface area contributed by atoms with E-state index >= 15 is 0 Å². The summed E-state index contributed by atoms with van der Waals surface area (Å²) in [6, 6.07) is 22.3. The van der Waals surface area contributed by atoms with Gasteiger partial charge in [0.05, 0.1) is 23.3 Å². The van der Waals surface area contributed by atoms with E-state index in [1.165, 1.54) is 19.3 Å². The lowest BCUT2D eigenvalue weighted by molar-refractivity contribution is 0.0679. The topological polar surface area (TPSA) is 91.1 Å². The van der Waals surface area contributed by atoms with Crippen molar-refractivity contribution < 1.29 is 19.3 Å². The Labute approximate surface area is 301 Å². The number of nitriles is 1. The molecule has 1 N–H and O–H groups in total. The largest absolute Gasteiger partial charge is 0.494 e. The van der Waals surface area contributed by atoms with Gasteiger partial charge < -0.3 is 24.2 Å². The summed E-state index contributed by atoms with van der Waals surface area (Å²) in [5.74, 6) is 2.13. The third kappa shape index (κ3) is 9.76. The lowest BCUT2D eigenvalue weighted by Gasteiger charge is -2.29. The molecule has 0 radical (unpaired) electrons. The predicted molar refractivity (Wildman–Crippen MR) is 197 cm³/mol. The Morgan fingerprint density at radius 3 is 2.54 bits per heavy atom. The number of piperidine rings is 2. The number of nitrogens with zero attached hydrogens (tertiary/aromatic N) is 4. The van der Waals surface area contributed by atoms with Gasteiger partial charge in [-0.25, -0.2) is 0 Å². The molecule has 0 spiro atoms. The van der Waals surface area contributed by atoms with Crippen LogP contribution >= 0.6 is 11.6 Å². The monoisotopic (exact) mass is 694 g/mol. The number of aliphatic hydroxyl groups excluding tert-OH is 1. The van der Waals surface area contributed by atoms with Crippen LogP contribution in [-0.2, 0) is 19.8 Å². The molecule has 6 rings (SSSR count). The molecule has 3 heterocycles. The van der Waals surface area contributed by atoms with Crippen LogP contribution < -0.4 is 14.2 Å². The fourth-order valence-corrected chi connectivity index (χ4v) is 7.11. The van der Waals surface area contributed by atoms with E-state index < -0.39 is 0 Å². The summed E-state index contributed by atoms with van der Waals surface area (Å²) in [5, 5.41) is 19.8. The third-order valence-electron chi connectivity index (χ3n) is 9.62. The van der Waals surface area contributed by atoms with Crippen LogP contribution in [0.3, 0.4) is 0 Å². The zero-order chi connectivity index (χ0) is 34.7. The van der Waals surface area contributed by atoms with Gasteiger partial charge in [0.15, 0.2) is 0 Å². The Bertz CT molecular complexity index is 1770. The highest BCUT2D eigenvalue weighted by Crippen LogP contribution is 2.36. The second kappa shape index (κ2) is 17.7. The standard InChI is InChI=1S/C41H47ClN4O4/c1-30-34(10-6-13-38(30)33-9-5-12-37(20-33)48-18-8-17-46-16-7-11-36(47)27-46)29-50-41-22-40(49-28-32-19-31(23-43)24-44-25-32)35(21-39(41)42)26-45-14-3-2-4-15-45/h5-6,9-10,12-13,19-22,24-25,36,47H,2-4,7-8,11,14-18,26-29H2,1H3. The number of β-amino-alcohol motifs (C(OH)–C–C–N with tert-alkyl or cyclic N) is 1. The number of ether oxygens (including phenoxy) is 3. The summed E-state index contributed by atoms with van der Waals surface area (Å²) >= 11 is 6.86. The molecule has 1 atom stereocenters. The van der Waals surface area contributed by atoms with E-state index in [2.05, 4.69) is 58.1 Å². The molecule has 2 fully saturated rings. The maximum atomic E-state index is 9.94. The van der Waals surface area contributed by atoms with Crippen molar-refractivity contribution >= 4 is 11.6 Å². The summed E-state index contributed by atoms with van der Waals surface area (Å²) in [7, 11) is 0. The Morgan fingerprint density at radius 2 is 1.70 bits per heavy atom. The molecule has 50 heavy (non-hydrogen) atoms. The first-order valence-electron chi connectivity index (χ1n) is 17.8. The van der Waals surface area contributed by atoms with Gasteiger partial charge in [0.2, 0.25) is 0 Å². The van der Waals surface area contributed by atoms with Gasteiger partial charge in [0.25, 0.3) is 0 Å². The molecule has 2 saturated heterocycles. The zero-order valence-electron chi connectivity index (χ0n) is 29.0. The quantitative estimate of drug-likeness (QED) is 0.133. The van der Waals surface area contributed by atoms with Crippen LogP contribution in [0.4, 0.5) is 0 Å². The number of halogens is 1. The van der Waals surface area contributed by atoms with Gasteiger partial charge in [-0.15, -0.1) is 0 Å². The van der Waals surface area contributed by atoms with Crippen molar-refractivity contribution in [2.24, 2.45) is 0 Å².